The number of likely N-dealkylation sites (N-methyl/N-ethyl adjacent to an activating group) is 1. The molecule has 6 heteroatoms. The first-order chi connectivity index (χ1) is 12.9. The lowest BCUT2D eigenvalue weighted by Gasteiger charge is -2.24. The molecule has 5 nitrogen and oxygen atoms in total. The third-order valence-corrected chi connectivity index (χ3v) is 4.91. The molecular weight excluding hydrogens is 360 g/mol. The van der Waals surface area contributed by atoms with Gasteiger partial charge in [-0.25, -0.2) is 0 Å². The van der Waals surface area contributed by atoms with Gasteiger partial charge in [-0.05, 0) is 39.1 Å². The van der Waals surface area contributed by atoms with Crippen molar-refractivity contribution in [2.45, 2.75) is 39.3 Å². The summed E-state index contributed by atoms with van der Waals surface area (Å²) in [6, 6.07) is 10.3. The van der Waals surface area contributed by atoms with Crippen LogP contribution in [0.5, 0.6) is 0 Å². The second-order valence-electron chi connectivity index (χ2n) is 6.84. The van der Waals surface area contributed by atoms with Crippen LogP contribution in [-0.4, -0.2) is 41.2 Å². The highest BCUT2D eigenvalue weighted by molar-refractivity contribution is 6.31. The van der Waals surface area contributed by atoms with Gasteiger partial charge in [0, 0.05) is 24.7 Å². The van der Waals surface area contributed by atoms with E-state index < -0.39 is 0 Å². The fourth-order valence-electron chi connectivity index (χ4n) is 2.90. The molecule has 1 aromatic carbocycles. The molecule has 0 spiro atoms. The molecular formula is C21H29ClN4O. The number of halogens is 1. The zero-order valence-corrected chi connectivity index (χ0v) is 17.3. The molecule has 1 amide bonds. The minimum Gasteiger partial charge on any atom is -0.351 e. The number of hydrogen-bond donors (Lipinski definition) is 1. The quantitative estimate of drug-likeness (QED) is 0.658. The highest BCUT2D eigenvalue weighted by Gasteiger charge is 2.15. The summed E-state index contributed by atoms with van der Waals surface area (Å²) in [4.78, 5) is 14.4. The van der Waals surface area contributed by atoms with Crippen molar-refractivity contribution in [3.05, 3.63) is 58.4 Å². The summed E-state index contributed by atoms with van der Waals surface area (Å²) in [5.41, 5.74) is 2.80. The van der Waals surface area contributed by atoms with E-state index >= 15 is 0 Å². The van der Waals surface area contributed by atoms with Gasteiger partial charge in [-0.1, -0.05) is 55.3 Å². The van der Waals surface area contributed by atoms with Gasteiger partial charge in [0.05, 0.1) is 11.7 Å². The van der Waals surface area contributed by atoms with Crippen molar-refractivity contribution < 1.29 is 4.79 Å². The molecule has 1 unspecified atom stereocenters. The van der Waals surface area contributed by atoms with E-state index in [1.54, 1.807) is 10.8 Å². The van der Waals surface area contributed by atoms with Gasteiger partial charge in [-0.2, -0.15) is 5.10 Å². The van der Waals surface area contributed by atoms with Crippen molar-refractivity contribution in [2.75, 3.05) is 20.6 Å². The van der Waals surface area contributed by atoms with Crippen molar-refractivity contribution in [3.63, 3.8) is 0 Å². The van der Waals surface area contributed by atoms with Gasteiger partial charge in [0.15, 0.2) is 0 Å². The topological polar surface area (TPSA) is 50.2 Å². The Morgan fingerprint density at radius 1 is 1.33 bits per heavy atom. The summed E-state index contributed by atoms with van der Waals surface area (Å²) >= 11 is 6.41. The fraction of sp³-hybridized carbons (Fsp3) is 0.429. The zero-order chi connectivity index (χ0) is 19.8. The smallest absolute Gasteiger partial charge is 0.244 e. The number of carbonyl (C=O) groups is 1. The van der Waals surface area contributed by atoms with Crippen LogP contribution in [0.25, 0.3) is 6.08 Å². The number of rotatable bonds is 9. The first-order valence-corrected chi connectivity index (χ1v) is 9.72. The van der Waals surface area contributed by atoms with Gasteiger partial charge in [-0.3, -0.25) is 9.48 Å². The predicted molar refractivity (Wildman–Crippen MR) is 112 cm³/mol. The molecule has 0 saturated heterocycles. The van der Waals surface area contributed by atoms with Gasteiger partial charge in [0.1, 0.15) is 5.15 Å². The molecule has 2 aromatic rings. The third-order valence-electron chi connectivity index (χ3n) is 4.51. The van der Waals surface area contributed by atoms with Crippen LogP contribution in [0.15, 0.2) is 36.4 Å². The number of aryl methyl sites for hydroxylation is 2. The monoisotopic (exact) mass is 388 g/mol. The van der Waals surface area contributed by atoms with Crippen molar-refractivity contribution in [1.82, 2.24) is 20.0 Å². The zero-order valence-electron chi connectivity index (χ0n) is 16.6. The number of carbonyl (C=O) groups excluding carboxylic acids is 1. The Balaban J connectivity index is 2.00. The molecule has 27 heavy (non-hydrogen) atoms. The number of hydrogen-bond acceptors (Lipinski definition) is 3. The average molecular weight is 389 g/mol. The lowest BCUT2D eigenvalue weighted by molar-refractivity contribution is -0.116. The Kier molecular flexibility index (Phi) is 8.07. The summed E-state index contributed by atoms with van der Waals surface area (Å²) in [6.07, 6.45) is 5.38. The minimum atomic E-state index is -0.144. The molecule has 1 aromatic heterocycles. The highest BCUT2D eigenvalue weighted by atomic mass is 35.5. The summed E-state index contributed by atoms with van der Waals surface area (Å²) < 4.78 is 1.80. The maximum Gasteiger partial charge on any atom is 0.244 e. The maximum absolute atomic E-state index is 12.3. The minimum absolute atomic E-state index is 0.116. The van der Waals surface area contributed by atoms with E-state index in [1.807, 2.05) is 39.2 Å². The molecule has 2 rings (SSSR count). The summed E-state index contributed by atoms with van der Waals surface area (Å²) in [5, 5.41) is 8.02. The van der Waals surface area contributed by atoms with Crippen molar-refractivity contribution in [1.29, 1.82) is 0 Å². The van der Waals surface area contributed by atoms with E-state index in [9.17, 15) is 4.79 Å². The Morgan fingerprint density at radius 3 is 2.67 bits per heavy atom. The number of nitrogens with one attached hydrogen (secondary N) is 1. The van der Waals surface area contributed by atoms with Crippen LogP contribution in [-0.2, 0) is 11.3 Å². The van der Waals surface area contributed by atoms with E-state index in [1.165, 1.54) is 11.6 Å². The standard InChI is InChI=1S/C21H29ClN4O/c1-5-6-14-26-21(22)18(16(2)24-26)12-13-20(27)23-15-19(25(3)4)17-10-8-7-9-11-17/h7-13,19H,5-6,14-15H2,1-4H3,(H,23,27)/b13-12+. The molecule has 0 saturated carbocycles. The van der Waals surface area contributed by atoms with Gasteiger partial charge in [0.25, 0.3) is 0 Å². The van der Waals surface area contributed by atoms with Gasteiger partial charge >= 0.3 is 0 Å². The van der Waals surface area contributed by atoms with Crippen molar-refractivity contribution >= 4 is 23.6 Å². The largest absolute Gasteiger partial charge is 0.351 e. The van der Waals surface area contributed by atoms with Gasteiger partial charge in [-0.15, -0.1) is 0 Å². The average Bonchev–Trinajstić information content (AvgIpc) is 2.92. The van der Waals surface area contributed by atoms with Crippen LogP contribution in [0.2, 0.25) is 5.15 Å². The van der Waals surface area contributed by atoms with E-state index in [-0.39, 0.29) is 11.9 Å². The summed E-state index contributed by atoms with van der Waals surface area (Å²) in [6.45, 7) is 5.36. The van der Waals surface area contributed by atoms with Crippen molar-refractivity contribution in [3.8, 4) is 0 Å². The Hall–Kier alpha value is -2.11. The molecule has 0 aliphatic rings. The molecule has 146 valence electrons. The van der Waals surface area contributed by atoms with Crippen LogP contribution in [0.4, 0.5) is 0 Å². The van der Waals surface area contributed by atoms with E-state index in [0.29, 0.717) is 11.7 Å². The summed E-state index contributed by atoms with van der Waals surface area (Å²) in [5.74, 6) is -0.144. The second-order valence-corrected chi connectivity index (χ2v) is 7.19. The number of benzene rings is 1. The second kappa shape index (κ2) is 10.3. The maximum atomic E-state index is 12.3. The molecule has 1 atom stereocenters. The molecule has 0 aliphatic heterocycles. The predicted octanol–water partition coefficient (Wildman–Crippen LogP) is 4.08. The van der Waals surface area contributed by atoms with E-state index in [2.05, 4.69) is 34.4 Å². The Labute approximate surface area is 167 Å². The molecule has 1 N–H and O–H groups in total. The number of aromatic nitrogens is 2. The van der Waals surface area contributed by atoms with E-state index in [4.69, 9.17) is 11.6 Å². The Bertz CT molecular complexity index is 768. The number of nitrogens with zero attached hydrogens (tertiary/aromatic N) is 3. The number of unbranched alkanes of at least 4 members (excludes halogenated alkanes) is 1. The Morgan fingerprint density at radius 2 is 2.04 bits per heavy atom. The van der Waals surface area contributed by atoms with Gasteiger partial charge < -0.3 is 10.2 Å². The normalized spacial score (nSPS) is 12.7. The van der Waals surface area contributed by atoms with Crippen LogP contribution in [0, 0.1) is 6.92 Å². The van der Waals surface area contributed by atoms with Gasteiger partial charge in [0.2, 0.25) is 5.91 Å². The third kappa shape index (κ3) is 5.94. The first-order valence-electron chi connectivity index (χ1n) is 9.34. The van der Waals surface area contributed by atoms with Crippen LogP contribution >= 0.6 is 11.6 Å². The lowest BCUT2D eigenvalue weighted by Crippen LogP contribution is -2.33. The molecule has 0 bridgehead atoms. The highest BCUT2D eigenvalue weighted by Crippen LogP contribution is 2.22. The molecule has 0 fully saturated rings. The molecule has 0 aliphatic carbocycles. The van der Waals surface area contributed by atoms with Crippen LogP contribution in [0.1, 0.15) is 42.6 Å². The van der Waals surface area contributed by atoms with E-state index in [0.717, 1.165) is 30.6 Å². The summed E-state index contributed by atoms with van der Waals surface area (Å²) in [7, 11) is 4.01. The van der Waals surface area contributed by atoms with Crippen LogP contribution < -0.4 is 5.32 Å². The number of amides is 1. The van der Waals surface area contributed by atoms with Crippen molar-refractivity contribution in [2.24, 2.45) is 0 Å². The molecule has 1 heterocycles. The first kappa shape index (κ1) is 21.2. The molecule has 0 radical (unpaired) electrons. The SMILES string of the molecule is CCCCn1nc(C)c(/C=C/C(=O)NCC(c2ccccc2)N(C)C)c1Cl. The fourth-order valence-corrected chi connectivity index (χ4v) is 3.22. The van der Waals surface area contributed by atoms with Crippen LogP contribution in [0.3, 0.4) is 0 Å². The lowest BCUT2D eigenvalue weighted by atomic mass is 10.1.